The Morgan fingerprint density at radius 3 is 2.76 bits per heavy atom. The van der Waals surface area contributed by atoms with Crippen molar-refractivity contribution in [3.05, 3.63) is 47.7 Å². The second kappa shape index (κ2) is 16.7. The van der Waals surface area contributed by atoms with E-state index >= 15 is 8.78 Å². The molecule has 3 aliphatic rings. The number of anilines is 1. The Labute approximate surface area is 319 Å². The highest BCUT2D eigenvalue weighted by Gasteiger charge is 2.37. The lowest BCUT2D eigenvalue weighted by molar-refractivity contribution is -0.221. The Hall–Kier alpha value is -4.44. The standard InChI is InChI=1S/C40H50F2N6O7/c1-6-28-31(41)12-11-24-16-26(53-23-50-5)18-29(33(24)28)35-34(42)36-30(19-44-35)37(48-14-9-13-40(2,22-48)55-32-10-7-8-15-51-32)46-38(45-36)52-21-25-17-27(20-47(25)4)54-39(49)43-3/h11-12,16,18-19,25,27,32H,6-10,13-15,17,20-23H2,1-5H3,(H,43,49)/t25-,27+,32?,40+/m0/s1. The summed E-state index contributed by atoms with van der Waals surface area (Å²) in [4.78, 5) is 30.3. The van der Waals surface area contributed by atoms with Crippen molar-refractivity contribution in [2.24, 2.45) is 0 Å². The minimum atomic E-state index is -0.703. The number of hydrogen-bond acceptors (Lipinski definition) is 12. The van der Waals surface area contributed by atoms with Crippen molar-refractivity contribution < 1.29 is 42.0 Å². The Morgan fingerprint density at radius 1 is 1.15 bits per heavy atom. The normalized spacial score (nSPS) is 23.3. The largest absolute Gasteiger partial charge is 0.468 e. The van der Waals surface area contributed by atoms with Gasteiger partial charge in [-0.1, -0.05) is 13.0 Å². The molecule has 1 unspecified atom stereocenters. The fourth-order valence-electron chi connectivity index (χ4n) is 8.04. The highest BCUT2D eigenvalue weighted by molar-refractivity contribution is 6.01. The molecule has 4 aromatic rings. The number of aryl methyl sites for hydroxylation is 1. The Morgan fingerprint density at radius 2 is 2.00 bits per heavy atom. The molecule has 2 aromatic heterocycles. The zero-order valence-corrected chi connectivity index (χ0v) is 32.2. The van der Waals surface area contributed by atoms with Crippen LogP contribution in [0.1, 0.15) is 57.9 Å². The van der Waals surface area contributed by atoms with Crippen molar-refractivity contribution in [3.8, 4) is 23.0 Å². The first kappa shape index (κ1) is 38.8. The summed E-state index contributed by atoms with van der Waals surface area (Å²) in [6.45, 7) is 6.42. The molecule has 0 bridgehead atoms. The zero-order valence-electron chi connectivity index (χ0n) is 32.2. The molecule has 296 valence electrons. The zero-order chi connectivity index (χ0) is 38.7. The summed E-state index contributed by atoms with van der Waals surface area (Å²) < 4.78 is 67.8. The second-order valence-electron chi connectivity index (χ2n) is 14.8. The first-order valence-corrected chi connectivity index (χ1v) is 19.1. The number of pyridine rings is 1. The number of methoxy groups -OCH3 is 1. The summed E-state index contributed by atoms with van der Waals surface area (Å²) in [6.07, 6.45) is 5.95. The van der Waals surface area contributed by atoms with Crippen molar-refractivity contribution >= 4 is 33.6 Å². The van der Waals surface area contributed by atoms with Crippen LogP contribution in [0.15, 0.2) is 30.5 Å². The van der Waals surface area contributed by atoms with Crippen molar-refractivity contribution in [2.45, 2.75) is 82.8 Å². The lowest BCUT2D eigenvalue weighted by atomic mass is 9.93. The summed E-state index contributed by atoms with van der Waals surface area (Å²) in [7, 11) is 4.96. The fourth-order valence-corrected chi connectivity index (χ4v) is 8.04. The molecule has 3 fully saturated rings. The van der Waals surface area contributed by atoms with Gasteiger partial charge in [0.15, 0.2) is 18.9 Å². The third kappa shape index (κ3) is 8.39. The van der Waals surface area contributed by atoms with Crippen LogP contribution in [0.3, 0.4) is 0 Å². The predicted octanol–water partition coefficient (Wildman–Crippen LogP) is 6.38. The number of carbonyl (C=O) groups is 1. The van der Waals surface area contributed by atoms with Gasteiger partial charge in [0.2, 0.25) is 0 Å². The second-order valence-corrected chi connectivity index (χ2v) is 14.8. The molecule has 3 saturated heterocycles. The van der Waals surface area contributed by atoms with E-state index in [1.165, 1.54) is 20.2 Å². The van der Waals surface area contributed by atoms with E-state index in [1.54, 1.807) is 24.4 Å². The number of aromatic nitrogens is 3. The maximum atomic E-state index is 17.3. The van der Waals surface area contributed by atoms with Gasteiger partial charge in [0.1, 0.15) is 41.3 Å². The number of hydrogen-bond donors (Lipinski definition) is 1. The molecule has 0 radical (unpaired) electrons. The predicted molar refractivity (Wildman–Crippen MR) is 202 cm³/mol. The average molecular weight is 765 g/mol. The molecule has 2 aromatic carbocycles. The average Bonchev–Trinajstić information content (AvgIpc) is 3.54. The van der Waals surface area contributed by atoms with Gasteiger partial charge in [-0.3, -0.25) is 9.88 Å². The maximum absolute atomic E-state index is 17.3. The summed E-state index contributed by atoms with van der Waals surface area (Å²) in [5, 5.41) is 4.10. The molecule has 0 aliphatic carbocycles. The molecule has 0 spiro atoms. The van der Waals surface area contributed by atoms with Crippen LogP contribution in [0, 0.1) is 11.6 Å². The van der Waals surface area contributed by atoms with Gasteiger partial charge in [-0.2, -0.15) is 9.97 Å². The minimum absolute atomic E-state index is 0.00578. The highest BCUT2D eigenvalue weighted by atomic mass is 19.1. The number of piperidine rings is 1. The van der Waals surface area contributed by atoms with E-state index in [4.69, 9.17) is 38.4 Å². The molecule has 55 heavy (non-hydrogen) atoms. The van der Waals surface area contributed by atoms with Gasteiger partial charge in [-0.05, 0) is 87.0 Å². The van der Waals surface area contributed by atoms with E-state index in [1.807, 2.05) is 18.9 Å². The van der Waals surface area contributed by atoms with Crippen LogP contribution < -0.4 is 19.7 Å². The molecule has 0 saturated carbocycles. The van der Waals surface area contributed by atoms with E-state index < -0.39 is 23.3 Å². The van der Waals surface area contributed by atoms with E-state index in [9.17, 15) is 4.79 Å². The maximum Gasteiger partial charge on any atom is 0.407 e. The summed E-state index contributed by atoms with van der Waals surface area (Å²) in [5.41, 5.74) is 0.262. The molecule has 5 heterocycles. The molecule has 4 atom stereocenters. The van der Waals surface area contributed by atoms with Crippen LogP contribution in [-0.2, 0) is 25.4 Å². The van der Waals surface area contributed by atoms with E-state index in [-0.39, 0.29) is 49.1 Å². The number of alkyl carbamates (subject to hydrolysis) is 1. The number of nitrogens with one attached hydrogen (secondary N) is 1. The molecule has 1 N–H and O–H groups in total. The minimum Gasteiger partial charge on any atom is -0.468 e. The van der Waals surface area contributed by atoms with Crippen molar-refractivity contribution in [2.75, 3.05) is 65.7 Å². The van der Waals surface area contributed by atoms with Crippen molar-refractivity contribution in [3.63, 3.8) is 0 Å². The third-order valence-corrected chi connectivity index (χ3v) is 10.8. The number of likely N-dealkylation sites (N-methyl/N-ethyl adjacent to an activating group) is 1. The number of ether oxygens (including phenoxy) is 6. The Balaban J connectivity index is 1.30. The number of carbonyl (C=O) groups excluding carboxylic acids is 1. The smallest absolute Gasteiger partial charge is 0.407 e. The Kier molecular flexibility index (Phi) is 11.8. The van der Waals surface area contributed by atoms with Gasteiger partial charge in [0.05, 0.1) is 11.0 Å². The first-order valence-electron chi connectivity index (χ1n) is 19.1. The number of halogens is 2. The number of likely N-dealkylation sites (tertiary alicyclic amines) is 1. The number of fused-ring (bicyclic) bond motifs is 2. The van der Waals surface area contributed by atoms with Gasteiger partial charge in [0.25, 0.3) is 0 Å². The van der Waals surface area contributed by atoms with Gasteiger partial charge >= 0.3 is 12.1 Å². The number of benzene rings is 2. The van der Waals surface area contributed by atoms with Crippen LogP contribution in [0.4, 0.5) is 19.4 Å². The molecule has 7 rings (SSSR count). The number of rotatable bonds is 12. The fraction of sp³-hybridized carbons (Fsp3) is 0.550. The molecule has 15 heteroatoms. The topological polar surface area (TPSA) is 130 Å². The quantitative estimate of drug-likeness (QED) is 0.161. The molecular weight excluding hydrogens is 714 g/mol. The number of amides is 1. The van der Waals surface area contributed by atoms with Crippen LogP contribution >= 0.6 is 0 Å². The lowest BCUT2D eigenvalue weighted by Gasteiger charge is -2.43. The molecule has 3 aliphatic heterocycles. The summed E-state index contributed by atoms with van der Waals surface area (Å²) in [6, 6.07) is 6.37. The van der Waals surface area contributed by atoms with E-state index in [0.29, 0.717) is 77.9 Å². The van der Waals surface area contributed by atoms with Crippen LogP contribution in [0.5, 0.6) is 11.8 Å². The summed E-state index contributed by atoms with van der Waals surface area (Å²) in [5.74, 6) is -0.205. The van der Waals surface area contributed by atoms with Crippen molar-refractivity contribution in [1.29, 1.82) is 0 Å². The molecule has 13 nitrogen and oxygen atoms in total. The van der Waals surface area contributed by atoms with E-state index in [2.05, 4.69) is 22.1 Å². The molecule has 1 amide bonds. The Bertz CT molecular complexity index is 2020. The van der Waals surface area contributed by atoms with Crippen LogP contribution in [0.25, 0.3) is 32.9 Å². The molecular formula is C40H50F2N6O7. The van der Waals surface area contributed by atoms with Crippen molar-refractivity contribution in [1.82, 2.24) is 25.2 Å². The van der Waals surface area contributed by atoms with Gasteiger partial charge in [-0.15, -0.1) is 0 Å². The third-order valence-electron chi connectivity index (χ3n) is 10.8. The van der Waals surface area contributed by atoms with Crippen LogP contribution in [0.2, 0.25) is 0 Å². The first-order chi connectivity index (χ1) is 26.6. The monoisotopic (exact) mass is 764 g/mol. The lowest BCUT2D eigenvalue weighted by Crippen LogP contribution is -2.50. The van der Waals surface area contributed by atoms with Gasteiger partial charge in [-0.25, -0.2) is 13.6 Å². The van der Waals surface area contributed by atoms with Gasteiger partial charge in [0, 0.05) is 64.6 Å². The number of nitrogens with zero attached hydrogens (tertiary/aromatic N) is 5. The highest BCUT2D eigenvalue weighted by Crippen LogP contribution is 2.40. The SMILES string of the molecule is CCc1c(F)ccc2cc(OCOC)cc(-c3ncc4c(N5CCC[C@@](C)(OC6CCCCO6)C5)nc(OC[C@@H]5C[C@@H](OC(=O)NC)CN5C)nc4c3F)c12. The summed E-state index contributed by atoms with van der Waals surface area (Å²) >= 11 is 0. The van der Waals surface area contributed by atoms with E-state index in [0.717, 1.165) is 32.1 Å². The van der Waals surface area contributed by atoms with Crippen LogP contribution in [-0.4, -0.2) is 111 Å². The van der Waals surface area contributed by atoms with Gasteiger partial charge < -0.3 is 38.6 Å².